The van der Waals surface area contributed by atoms with E-state index in [0.717, 1.165) is 37.3 Å². The number of piperazine rings is 1. The Morgan fingerprint density at radius 3 is 2.64 bits per heavy atom. The molecule has 1 aliphatic heterocycles. The summed E-state index contributed by atoms with van der Waals surface area (Å²) in [5.41, 5.74) is 1.88. The number of nitrogens with one attached hydrogen (secondary N) is 1. The molecule has 1 N–H and O–H groups in total. The molecule has 22 heavy (non-hydrogen) atoms. The number of benzene rings is 1. The minimum absolute atomic E-state index is 0. The number of halogens is 2. The molecular formula is C16H20ClFN2OS. The van der Waals surface area contributed by atoms with Crippen LogP contribution in [0.3, 0.4) is 0 Å². The lowest BCUT2D eigenvalue weighted by atomic mass is 9.98. The standard InChI is InChI=1S/C16H19FN2OS.ClH/c1-20-13-2-3-14(15(17)10-13)16(12-4-9-21-11-12)19-7-5-18-6-8-19;/h2-4,9-11,16,18H,5-8H2,1H3;1H/t16-;/m1./s1. The van der Waals surface area contributed by atoms with Gasteiger partial charge in [-0.1, -0.05) is 6.07 Å². The van der Waals surface area contributed by atoms with Crippen molar-refractivity contribution in [3.63, 3.8) is 0 Å². The van der Waals surface area contributed by atoms with Crippen molar-refractivity contribution in [2.45, 2.75) is 6.04 Å². The van der Waals surface area contributed by atoms with Crippen LogP contribution in [0.25, 0.3) is 0 Å². The first kappa shape index (κ1) is 17.2. The fraction of sp³-hybridized carbons (Fsp3) is 0.375. The minimum Gasteiger partial charge on any atom is -0.497 e. The summed E-state index contributed by atoms with van der Waals surface area (Å²) in [5, 5.41) is 7.50. The van der Waals surface area contributed by atoms with E-state index in [4.69, 9.17) is 4.74 Å². The topological polar surface area (TPSA) is 24.5 Å². The number of hydrogen-bond donors (Lipinski definition) is 1. The van der Waals surface area contributed by atoms with Gasteiger partial charge in [-0.15, -0.1) is 12.4 Å². The van der Waals surface area contributed by atoms with Gasteiger partial charge in [0.15, 0.2) is 0 Å². The maximum atomic E-state index is 14.5. The summed E-state index contributed by atoms with van der Waals surface area (Å²) in [6, 6.07) is 7.21. The van der Waals surface area contributed by atoms with Crippen LogP contribution in [-0.2, 0) is 0 Å². The van der Waals surface area contributed by atoms with E-state index in [9.17, 15) is 4.39 Å². The average molecular weight is 343 g/mol. The highest BCUT2D eigenvalue weighted by Gasteiger charge is 2.26. The van der Waals surface area contributed by atoms with Crippen LogP contribution in [0.1, 0.15) is 17.2 Å². The molecule has 3 rings (SSSR count). The van der Waals surface area contributed by atoms with Gasteiger partial charge in [0.25, 0.3) is 0 Å². The van der Waals surface area contributed by atoms with Crippen molar-refractivity contribution in [2.24, 2.45) is 0 Å². The lowest BCUT2D eigenvalue weighted by molar-refractivity contribution is 0.195. The second kappa shape index (κ2) is 7.92. The molecule has 120 valence electrons. The summed E-state index contributed by atoms with van der Waals surface area (Å²) in [7, 11) is 1.56. The Morgan fingerprint density at radius 2 is 2.05 bits per heavy atom. The Bertz CT molecular complexity index is 588. The number of rotatable bonds is 4. The van der Waals surface area contributed by atoms with Crippen LogP contribution in [0.4, 0.5) is 4.39 Å². The first-order valence-corrected chi connectivity index (χ1v) is 8.04. The third kappa shape index (κ3) is 3.60. The summed E-state index contributed by atoms with van der Waals surface area (Å²) in [4.78, 5) is 2.34. The fourth-order valence-corrected chi connectivity index (χ4v) is 3.49. The van der Waals surface area contributed by atoms with Crippen LogP contribution in [0.15, 0.2) is 35.0 Å². The maximum absolute atomic E-state index is 14.5. The number of ether oxygens (including phenoxy) is 1. The lowest BCUT2D eigenvalue weighted by Crippen LogP contribution is -2.45. The van der Waals surface area contributed by atoms with Gasteiger partial charge in [-0.3, -0.25) is 4.90 Å². The molecule has 1 atom stereocenters. The first-order valence-electron chi connectivity index (χ1n) is 7.10. The maximum Gasteiger partial charge on any atom is 0.132 e. The molecule has 1 fully saturated rings. The van der Waals surface area contributed by atoms with Gasteiger partial charge in [0.05, 0.1) is 13.2 Å². The van der Waals surface area contributed by atoms with Crippen molar-refractivity contribution in [1.29, 1.82) is 0 Å². The number of nitrogens with zero attached hydrogens (tertiary/aromatic N) is 1. The second-order valence-electron chi connectivity index (χ2n) is 5.13. The van der Waals surface area contributed by atoms with Crippen molar-refractivity contribution in [2.75, 3.05) is 33.3 Å². The smallest absolute Gasteiger partial charge is 0.132 e. The van der Waals surface area contributed by atoms with Crippen LogP contribution in [0.5, 0.6) is 5.75 Å². The molecule has 0 aliphatic carbocycles. The van der Waals surface area contributed by atoms with E-state index in [1.54, 1.807) is 18.4 Å². The summed E-state index contributed by atoms with van der Waals surface area (Å²) in [6.07, 6.45) is 0. The molecule has 2 heterocycles. The molecule has 1 aromatic carbocycles. The molecule has 3 nitrogen and oxygen atoms in total. The van der Waals surface area contributed by atoms with Gasteiger partial charge in [0.2, 0.25) is 0 Å². The first-order chi connectivity index (χ1) is 10.3. The Morgan fingerprint density at radius 1 is 1.27 bits per heavy atom. The number of methoxy groups -OCH3 is 1. The van der Waals surface area contributed by atoms with Gasteiger partial charge in [0, 0.05) is 37.8 Å². The third-order valence-corrected chi connectivity index (χ3v) is 4.58. The molecule has 0 radical (unpaired) electrons. The van der Waals surface area contributed by atoms with E-state index in [1.165, 1.54) is 6.07 Å². The predicted octanol–water partition coefficient (Wildman–Crippen LogP) is 3.31. The van der Waals surface area contributed by atoms with E-state index in [1.807, 2.05) is 17.5 Å². The zero-order valence-electron chi connectivity index (χ0n) is 12.4. The van der Waals surface area contributed by atoms with Gasteiger partial charge < -0.3 is 10.1 Å². The highest BCUT2D eigenvalue weighted by atomic mass is 35.5. The molecule has 0 bridgehead atoms. The largest absolute Gasteiger partial charge is 0.497 e. The Kier molecular flexibility index (Phi) is 6.20. The third-order valence-electron chi connectivity index (χ3n) is 3.88. The van der Waals surface area contributed by atoms with E-state index >= 15 is 0 Å². The molecule has 0 amide bonds. The Hall–Kier alpha value is -1.14. The molecule has 0 saturated carbocycles. The molecule has 6 heteroatoms. The van der Waals surface area contributed by atoms with Gasteiger partial charge in [-0.05, 0) is 28.5 Å². The highest BCUT2D eigenvalue weighted by Crippen LogP contribution is 2.33. The number of thiophene rings is 1. The van der Waals surface area contributed by atoms with Crippen molar-refractivity contribution < 1.29 is 9.13 Å². The van der Waals surface area contributed by atoms with E-state index in [2.05, 4.69) is 21.7 Å². The van der Waals surface area contributed by atoms with Crippen molar-refractivity contribution >= 4 is 23.7 Å². The summed E-state index contributed by atoms with van der Waals surface area (Å²) >= 11 is 1.65. The van der Waals surface area contributed by atoms with Crippen molar-refractivity contribution in [1.82, 2.24) is 10.2 Å². The number of hydrogen-bond acceptors (Lipinski definition) is 4. The Balaban J connectivity index is 0.00000176. The molecule has 1 saturated heterocycles. The minimum atomic E-state index is -0.205. The normalized spacial score (nSPS) is 16.8. The zero-order chi connectivity index (χ0) is 14.7. The molecule has 0 spiro atoms. The second-order valence-corrected chi connectivity index (χ2v) is 5.91. The van der Waals surface area contributed by atoms with Crippen molar-refractivity contribution in [3.8, 4) is 5.75 Å². The lowest BCUT2D eigenvalue weighted by Gasteiger charge is -2.35. The highest BCUT2D eigenvalue weighted by molar-refractivity contribution is 7.08. The van der Waals surface area contributed by atoms with Crippen LogP contribution in [0.2, 0.25) is 0 Å². The van der Waals surface area contributed by atoms with Crippen LogP contribution in [-0.4, -0.2) is 38.2 Å². The van der Waals surface area contributed by atoms with Gasteiger partial charge >= 0.3 is 0 Å². The quantitative estimate of drug-likeness (QED) is 0.922. The summed E-state index contributed by atoms with van der Waals surface area (Å²) < 4.78 is 19.6. The van der Waals surface area contributed by atoms with E-state index < -0.39 is 0 Å². The van der Waals surface area contributed by atoms with Gasteiger partial charge in [-0.2, -0.15) is 11.3 Å². The Labute approximate surface area is 140 Å². The van der Waals surface area contributed by atoms with Crippen LogP contribution in [0, 0.1) is 5.82 Å². The predicted molar refractivity (Wildman–Crippen MR) is 90.8 cm³/mol. The molecule has 2 aromatic rings. The van der Waals surface area contributed by atoms with E-state index in [-0.39, 0.29) is 24.3 Å². The molecule has 0 unspecified atom stereocenters. The van der Waals surface area contributed by atoms with Crippen LogP contribution >= 0.6 is 23.7 Å². The van der Waals surface area contributed by atoms with Gasteiger partial charge in [-0.25, -0.2) is 4.39 Å². The van der Waals surface area contributed by atoms with Crippen molar-refractivity contribution in [3.05, 3.63) is 52.0 Å². The van der Waals surface area contributed by atoms with Gasteiger partial charge in [0.1, 0.15) is 11.6 Å². The SMILES string of the molecule is COc1ccc([C@@H](c2ccsc2)N2CCNCC2)c(F)c1.Cl. The summed E-state index contributed by atoms with van der Waals surface area (Å²) in [6.45, 7) is 3.73. The monoisotopic (exact) mass is 342 g/mol. The average Bonchev–Trinajstić information content (AvgIpc) is 3.04. The zero-order valence-corrected chi connectivity index (χ0v) is 14.1. The van der Waals surface area contributed by atoms with E-state index in [0.29, 0.717) is 5.75 Å². The van der Waals surface area contributed by atoms with Crippen LogP contribution < -0.4 is 10.1 Å². The molecule has 1 aromatic heterocycles. The summed E-state index contributed by atoms with van der Waals surface area (Å²) in [5.74, 6) is 0.352. The fourth-order valence-electron chi connectivity index (χ4n) is 2.81. The molecule has 1 aliphatic rings. The molecular weight excluding hydrogens is 323 g/mol.